The SMILES string of the molecule is CCCOc1cccc(/C(O)=C2\C(=O)C(=O)N(CCCOC(C)C)C2c2cc(OC)c(OC)c(OC)c2)c1. The molecule has 1 unspecified atom stereocenters. The van der Waals surface area contributed by atoms with Crippen LogP contribution in [0.3, 0.4) is 0 Å². The molecule has 1 fully saturated rings. The number of rotatable bonds is 13. The quantitative estimate of drug-likeness (QED) is 0.172. The van der Waals surface area contributed by atoms with Crippen LogP contribution >= 0.6 is 0 Å². The minimum atomic E-state index is -0.886. The molecule has 1 heterocycles. The van der Waals surface area contributed by atoms with Crippen molar-refractivity contribution in [3.63, 3.8) is 0 Å². The Bertz CT molecular complexity index is 1150. The van der Waals surface area contributed by atoms with Crippen molar-refractivity contribution in [3.05, 3.63) is 53.1 Å². The summed E-state index contributed by atoms with van der Waals surface area (Å²) in [5.41, 5.74) is 0.877. The van der Waals surface area contributed by atoms with Gasteiger partial charge in [-0.05, 0) is 56.5 Å². The van der Waals surface area contributed by atoms with Crippen LogP contribution in [-0.2, 0) is 14.3 Å². The number of nitrogens with zero attached hydrogens (tertiary/aromatic N) is 1. The Morgan fingerprint density at radius 3 is 2.26 bits per heavy atom. The first-order valence-electron chi connectivity index (χ1n) is 12.7. The van der Waals surface area contributed by atoms with Crippen molar-refractivity contribution in [1.29, 1.82) is 0 Å². The first-order valence-corrected chi connectivity index (χ1v) is 12.7. The van der Waals surface area contributed by atoms with E-state index < -0.39 is 17.7 Å². The highest BCUT2D eigenvalue weighted by atomic mass is 16.5. The van der Waals surface area contributed by atoms with Crippen molar-refractivity contribution in [3.8, 4) is 23.0 Å². The number of hydrogen-bond donors (Lipinski definition) is 1. The Balaban J connectivity index is 2.15. The Kier molecular flexibility index (Phi) is 10.0. The van der Waals surface area contributed by atoms with Crippen LogP contribution in [0.25, 0.3) is 5.76 Å². The molecule has 1 saturated heterocycles. The Labute approximate surface area is 223 Å². The number of carbonyl (C=O) groups is 2. The maximum Gasteiger partial charge on any atom is 0.295 e. The zero-order valence-electron chi connectivity index (χ0n) is 22.9. The lowest BCUT2D eigenvalue weighted by atomic mass is 9.94. The molecule has 1 aliphatic rings. The summed E-state index contributed by atoms with van der Waals surface area (Å²) in [6.07, 6.45) is 1.37. The van der Waals surface area contributed by atoms with Crippen LogP contribution < -0.4 is 18.9 Å². The molecule has 2 aromatic carbocycles. The minimum absolute atomic E-state index is 0.0262. The van der Waals surface area contributed by atoms with Gasteiger partial charge in [-0.2, -0.15) is 0 Å². The van der Waals surface area contributed by atoms with E-state index in [2.05, 4.69) is 0 Å². The van der Waals surface area contributed by atoms with Gasteiger partial charge in [-0.1, -0.05) is 19.1 Å². The van der Waals surface area contributed by atoms with Gasteiger partial charge in [-0.15, -0.1) is 0 Å². The molecule has 0 bridgehead atoms. The fourth-order valence-corrected chi connectivity index (χ4v) is 4.38. The summed E-state index contributed by atoms with van der Waals surface area (Å²) in [5, 5.41) is 11.4. The molecular formula is C29H37NO8. The number of amides is 1. The Morgan fingerprint density at radius 2 is 1.68 bits per heavy atom. The van der Waals surface area contributed by atoms with Crippen molar-refractivity contribution >= 4 is 17.4 Å². The molecular weight excluding hydrogens is 490 g/mol. The summed E-state index contributed by atoms with van der Waals surface area (Å²) in [4.78, 5) is 28.1. The third-order valence-corrected chi connectivity index (χ3v) is 6.12. The lowest BCUT2D eigenvalue weighted by Gasteiger charge is -2.26. The number of ketones is 1. The van der Waals surface area contributed by atoms with E-state index >= 15 is 0 Å². The first kappa shape index (κ1) is 28.8. The fourth-order valence-electron chi connectivity index (χ4n) is 4.38. The van der Waals surface area contributed by atoms with Gasteiger partial charge in [-0.25, -0.2) is 0 Å². The molecule has 0 radical (unpaired) electrons. The Hall–Kier alpha value is -3.72. The van der Waals surface area contributed by atoms with E-state index in [4.69, 9.17) is 23.7 Å². The van der Waals surface area contributed by atoms with Gasteiger partial charge in [0.25, 0.3) is 11.7 Å². The van der Waals surface area contributed by atoms with Gasteiger partial charge in [0.2, 0.25) is 5.75 Å². The molecule has 1 atom stereocenters. The molecule has 206 valence electrons. The van der Waals surface area contributed by atoms with Gasteiger partial charge in [-0.3, -0.25) is 9.59 Å². The normalized spacial score (nSPS) is 16.7. The van der Waals surface area contributed by atoms with Crippen molar-refractivity contribution in [1.82, 2.24) is 4.90 Å². The van der Waals surface area contributed by atoms with Crippen molar-refractivity contribution < 1.29 is 38.4 Å². The Morgan fingerprint density at radius 1 is 1.00 bits per heavy atom. The average Bonchev–Trinajstić information content (AvgIpc) is 3.17. The molecule has 38 heavy (non-hydrogen) atoms. The second kappa shape index (κ2) is 13.2. The second-order valence-corrected chi connectivity index (χ2v) is 9.10. The highest BCUT2D eigenvalue weighted by molar-refractivity contribution is 6.46. The predicted octanol–water partition coefficient (Wildman–Crippen LogP) is 4.74. The molecule has 2 aromatic rings. The van der Waals surface area contributed by atoms with E-state index in [9.17, 15) is 14.7 Å². The number of carbonyl (C=O) groups excluding carboxylic acids is 2. The number of aliphatic hydroxyl groups excluding tert-OH is 1. The third kappa shape index (κ3) is 6.22. The highest BCUT2D eigenvalue weighted by Crippen LogP contribution is 2.45. The zero-order chi connectivity index (χ0) is 27.8. The van der Waals surface area contributed by atoms with Gasteiger partial charge in [0.05, 0.1) is 45.7 Å². The average molecular weight is 528 g/mol. The molecule has 0 aliphatic carbocycles. The molecule has 9 nitrogen and oxygen atoms in total. The number of hydrogen-bond acceptors (Lipinski definition) is 8. The molecule has 0 saturated carbocycles. The summed E-state index contributed by atoms with van der Waals surface area (Å²) in [7, 11) is 4.47. The van der Waals surface area contributed by atoms with Crippen LogP contribution in [0.4, 0.5) is 0 Å². The van der Waals surface area contributed by atoms with Crippen molar-refractivity contribution in [2.75, 3.05) is 41.1 Å². The van der Waals surface area contributed by atoms with E-state index in [0.29, 0.717) is 53.8 Å². The van der Waals surface area contributed by atoms with Crippen LogP contribution in [0, 0.1) is 0 Å². The summed E-state index contributed by atoms with van der Waals surface area (Å²) < 4.78 is 27.8. The maximum absolute atomic E-state index is 13.4. The standard InChI is InChI=1S/C29H37NO8/c1-7-13-38-21-11-8-10-19(15-21)26(31)24-25(20-16-22(34-4)28(36-6)23(17-20)35-5)30(29(33)27(24)32)12-9-14-37-18(2)3/h8,10-11,15-18,25,31H,7,9,12-14H2,1-6H3/b26-24+. The molecule has 0 spiro atoms. The zero-order valence-corrected chi connectivity index (χ0v) is 22.9. The van der Waals surface area contributed by atoms with Crippen molar-refractivity contribution in [2.24, 2.45) is 0 Å². The van der Waals surface area contributed by atoms with E-state index in [1.54, 1.807) is 36.4 Å². The van der Waals surface area contributed by atoms with Crippen LogP contribution in [-0.4, -0.2) is 68.9 Å². The van der Waals surface area contributed by atoms with Gasteiger partial charge in [0.1, 0.15) is 11.5 Å². The van der Waals surface area contributed by atoms with Gasteiger partial charge in [0.15, 0.2) is 11.5 Å². The lowest BCUT2D eigenvalue weighted by Crippen LogP contribution is -2.31. The molecule has 1 N–H and O–H groups in total. The van der Waals surface area contributed by atoms with E-state index in [1.807, 2.05) is 20.8 Å². The van der Waals surface area contributed by atoms with Crippen LogP contribution in [0.1, 0.15) is 50.8 Å². The number of aliphatic hydroxyl groups is 1. The number of ether oxygens (including phenoxy) is 5. The lowest BCUT2D eigenvalue weighted by molar-refractivity contribution is -0.140. The molecule has 1 aliphatic heterocycles. The maximum atomic E-state index is 13.4. The highest BCUT2D eigenvalue weighted by Gasteiger charge is 2.46. The van der Waals surface area contributed by atoms with Crippen LogP contribution in [0.5, 0.6) is 23.0 Å². The number of benzene rings is 2. The number of likely N-dealkylation sites (tertiary alicyclic amines) is 1. The predicted molar refractivity (Wildman–Crippen MR) is 143 cm³/mol. The smallest absolute Gasteiger partial charge is 0.295 e. The summed E-state index contributed by atoms with van der Waals surface area (Å²) >= 11 is 0. The van der Waals surface area contributed by atoms with E-state index in [-0.39, 0.29) is 24.0 Å². The first-order chi connectivity index (χ1) is 18.3. The van der Waals surface area contributed by atoms with E-state index in [1.165, 1.54) is 26.2 Å². The number of Topliss-reactive ketones (excluding diaryl/α,β-unsaturated/α-hetero) is 1. The molecule has 1 amide bonds. The molecule has 3 rings (SSSR count). The van der Waals surface area contributed by atoms with Crippen molar-refractivity contribution in [2.45, 2.75) is 45.8 Å². The summed E-state index contributed by atoms with van der Waals surface area (Å²) in [5.74, 6) is -0.0951. The largest absolute Gasteiger partial charge is 0.507 e. The van der Waals surface area contributed by atoms with Gasteiger partial charge >= 0.3 is 0 Å². The summed E-state index contributed by atoms with van der Waals surface area (Å²) in [6, 6.07) is 9.31. The minimum Gasteiger partial charge on any atom is -0.507 e. The van der Waals surface area contributed by atoms with Crippen LogP contribution in [0.15, 0.2) is 42.0 Å². The fraction of sp³-hybridized carbons (Fsp3) is 0.448. The topological polar surface area (TPSA) is 104 Å². The summed E-state index contributed by atoms with van der Waals surface area (Å²) in [6.45, 7) is 7.03. The molecule has 9 heteroatoms. The molecule has 0 aromatic heterocycles. The van der Waals surface area contributed by atoms with Gasteiger partial charge in [0, 0.05) is 18.7 Å². The number of methoxy groups -OCH3 is 3. The van der Waals surface area contributed by atoms with Crippen LogP contribution in [0.2, 0.25) is 0 Å². The monoisotopic (exact) mass is 527 g/mol. The second-order valence-electron chi connectivity index (χ2n) is 9.10. The third-order valence-electron chi connectivity index (χ3n) is 6.12. The van der Waals surface area contributed by atoms with E-state index in [0.717, 1.165) is 6.42 Å². The van der Waals surface area contributed by atoms with Gasteiger partial charge < -0.3 is 33.7 Å².